The van der Waals surface area contributed by atoms with Gasteiger partial charge in [-0.1, -0.05) is 29.8 Å². The molecular weight excluding hydrogens is 404 g/mol. The molecule has 4 aromatic rings. The van der Waals surface area contributed by atoms with Crippen LogP contribution in [0.15, 0.2) is 52.9 Å². The van der Waals surface area contributed by atoms with Crippen LogP contribution in [0.25, 0.3) is 34.1 Å². The van der Waals surface area contributed by atoms with Crippen LogP contribution in [0.1, 0.15) is 24.8 Å². The Morgan fingerprint density at radius 3 is 2.66 bits per heavy atom. The van der Waals surface area contributed by atoms with Gasteiger partial charge in [0.25, 0.3) is 5.89 Å². The average Bonchev–Trinajstić information content (AvgIpc) is 3.46. The number of para-hydroxylation sites is 1. The molecule has 1 saturated heterocycles. The highest BCUT2D eigenvalue weighted by Crippen LogP contribution is 2.26. The lowest BCUT2D eigenvalue weighted by Crippen LogP contribution is -2.27. The van der Waals surface area contributed by atoms with Crippen molar-refractivity contribution in [1.29, 1.82) is 0 Å². The van der Waals surface area contributed by atoms with Crippen LogP contribution < -0.4 is 5.32 Å². The van der Waals surface area contributed by atoms with Crippen LogP contribution in [0.2, 0.25) is 0 Å². The maximum Gasteiger partial charge on any atom is 0.286 e. The number of rotatable bonds is 7. The molecule has 8 nitrogen and oxygen atoms in total. The summed E-state index contributed by atoms with van der Waals surface area (Å²) in [5, 5.41) is 12.7. The van der Waals surface area contributed by atoms with Gasteiger partial charge >= 0.3 is 0 Å². The van der Waals surface area contributed by atoms with E-state index in [1.807, 2.05) is 60.4 Å². The first-order valence-electron chi connectivity index (χ1n) is 10.9. The average molecular weight is 428 g/mol. The zero-order valence-corrected chi connectivity index (χ0v) is 17.9. The lowest BCUT2D eigenvalue weighted by atomic mass is 10.1. The van der Waals surface area contributed by atoms with Crippen molar-refractivity contribution in [3.63, 3.8) is 0 Å². The van der Waals surface area contributed by atoms with Gasteiger partial charge in [-0.3, -0.25) is 4.79 Å². The predicted molar refractivity (Wildman–Crippen MR) is 122 cm³/mol. The molecule has 0 radical (unpaired) electrons. The predicted octanol–water partition coefficient (Wildman–Crippen LogP) is 4.08. The topological polar surface area (TPSA) is 97.0 Å². The SMILES string of the molecule is Cc1ccc(-c2nnc(-c3nc(NCCCN4CCCC4=O)c4ccccc4n3)o2)cc1. The van der Waals surface area contributed by atoms with Crippen molar-refractivity contribution in [2.75, 3.05) is 25.0 Å². The van der Waals surface area contributed by atoms with E-state index in [2.05, 4.69) is 25.5 Å². The molecule has 3 heterocycles. The first kappa shape index (κ1) is 20.1. The standard InChI is InChI=1S/C24H24N6O2/c1-16-9-11-17(12-10-16)23-28-29-24(32-23)22-26-19-7-3-2-6-18(19)21(27-22)25-13-5-15-30-14-4-8-20(30)31/h2-3,6-7,9-12H,4-5,8,13-15H2,1H3,(H,25,26,27). The molecular formula is C24H24N6O2. The molecule has 2 aromatic carbocycles. The smallest absolute Gasteiger partial charge is 0.286 e. The highest BCUT2D eigenvalue weighted by Gasteiger charge is 2.19. The van der Waals surface area contributed by atoms with Crippen molar-refractivity contribution in [3.05, 3.63) is 54.1 Å². The fourth-order valence-corrected chi connectivity index (χ4v) is 3.85. The molecule has 162 valence electrons. The molecule has 1 amide bonds. The van der Waals surface area contributed by atoms with Gasteiger partial charge in [-0.25, -0.2) is 9.97 Å². The summed E-state index contributed by atoms with van der Waals surface area (Å²) in [5.41, 5.74) is 2.81. The van der Waals surface area contributed by atoms with Gasteiger partial charge in [0.05, 0.1) is 5.52 Å². The third-order valence-corrected chi connectivity index (χ3v) is 5.59. The van der Waals surface area contributed by atoms with Crippen LogP contribution in [0.4, 0.5) is 5.82 Å². The van der Waals surface area contributed by atoms with Gasteiger partial charge in [-0.2, -0.15) is 0 Å². The molecule has 1 aliphatic rings. The second-order valence-electron chi connectivity index (χ2n) is 7.96. The molecule has 0 spiro atoms. The number of anilines is 1. The molecule has 5 rings (SSSR count). The van der Waals surface area contributed by atoms with Crippen molar-refractivity contribution in [2.24, 2.45) is 0 Å². The lowest BCUT2D eigenvalue weighted by molar-refractivity contribution is -0.127. The van der Waals surface area contributed by atoms with Gasteiger partial charge in [-0.05, 0) is 44.0 Å². The van der Waals surface area contributed by atoms with Crippen molar-refractivity contribution in [2.45, 2.75) is 26.2 Å². The summed E-state index contributed by atoms with van der Waals surface area (Å²) in [5.74, 6) is 2.05. The quantitative estimate of drug-likeness (QED) is 0.443. The first-order chi connectivity index (χ1) is 15.7. The number of benzene rings is 2. The zero-order chi connectivity index (χ0) is 21.9. The molecule has 1 fully saturated rings. The molecule has 0 bridgehead atoms. The number of carbonyl (C=O) groups excluding carboxylic acids is 1. The number of aryl methyl sites for hydroxylation is 1. The minimum absolute atomic E-state index is 0.251. The summed E-state index contributed by atoms with van der Waals surface area (Å²) in [6.07, 6.45) is 2.47. The highest BCUT2D eigenvalue weighted by atomic mass is 16.4. The van der Waals surface area contributed by atoms with Gasteiger partial charge in [-0.15, -0.1) is 10.2 Å². The van der Waals surface area contributed by atoms with Crippen LogP contribution in [-0.4, -0.2) is 50.6 Å². The van der Waals surface area contributed by atoms with Crippen LogP contribution in [-0.2, 0) is 4.79 Å². The zero-order valence-electron chi connectivity index (χ0n) is 17.9. The first-order valence-corrected chi connectivity index (χ1v) is 10.9. The number of nitrogens with one attached hydrogen (secondary N) is 1. The second-order valence-corrected chi connectivity index (χ2v) is 7.96. The van der Waals surface area contributed by atoms with E-state index < -0.39 is 0 Å². The fourth-order valence-electron chi connectivity index (χ4n) is 3.85. The molecule has 1 N–H and O–H groups in total. The molecule has 32 heavy (non-hydrogen) atoms. The molecule has 1 aliphatic heterocycles. The maximum atomic E-state index is 11.8. The van der Waals surface area contributed by atoms with Gasteiger partial charge in [0.1, 0.15) is 5.82 Å². The van der Waals surface area contributed by atoms with E-state index >= 15 is 0 Å². The van der Waals surface area contributed by atoms with Gasteiger partial charge < -0.3 is 14.6 Å². The van der Waals surface area contributed by atoms with Crippen molar-refractivity contribution in [3.8, 4) is 23.2 Å². The van der Waals surface area contributed by atoms with Crippen molar-refractivity contribution >= 4 is 22.6 Å². The Morgan fingerprint density at radius 1 is 1.03 bits per heavy atom. The molecule has 2 aromatic heterocycles. The van der Waals surface area contributed by atoms with Gasteiger partial charge in [0, 0.05) is 37.0 Å². The number of nitrogens with zero attached hydrogens (tertiary/aromatic N) is 5. The third-order valence-electron chi connectivity index (χ3n) is 5.59. The van der Waals surface area contributed by atoms with Crippen LogP contribution in [0.3, 0.4) is 0 Å². The number of fused-ring (bicyclic) bond motifs is 1. The molecule has 0 aliphatic carbocycles. The number of hydrogen-bond donors (Lipinski definition) is 1. The van der Waals surface area contributed by atoms with E-state index in [0.717, 1.165) is 48.0 Å². The summed E-state index contributed by atoms with van der Waals surface area (Å²) in [6.45, 7) is 4.34. The van der Waals surface area contributed by atoms with Gasteiger partial charge in [0.2, 0.25) is 17.6 Å². The van der Waals surface area contributed by atoms with E-state index in [4.69, 9.17) is 4.42 Å². The second kappa shape index (κ2) is 8.74. The normalized spacial score (nSPS) is 13.8. The van der Waals surface area contributed by atoms with Crippen molar-refractivity contribution < 1.29 is 9.21 Å². The fraction of sp³-hybridized carbons (Fsp3) is 0.292. The minimum atomic E-state index is 0.251. The van der Waals surface area contributed by atoms with E-state index in [-0.39, 0.29) is 11.8 Å². The van der Waals surface area contributed by atoms with Crippen LogP contribution in [0.5, 0.6) is 0 Å². The summed E-state index contributed by atoms with van der Waals surface area (Å²) in [4.78, 5) is 23.0. The number of carbonyl (C=O) groups is 1. The Morgan fingerprint density at radius 2 is 1.84 bits per heavy atom. The molecule has 0 atom stereocenters. The Bertz CT molecular complexity index is 1250. The summed E-state index contributed by atoms with van der Waals surface area (Å²) >= 11 is 0. The van der Waals surface area contributed by atoms with Crippen LogP contribution >= 0.6 is 0 Å². The number of hydrogen-bond acceptors (Lipinski definition) is 7. The van der Waals surface area contributed by atoms with Crippen LogP contribution in [0, 0.1) is 6.92 Å². The van der Waals surface area contributed by atoms with E-state index in [0.29, 0.717) is 30.5 Å². The number of likely N-dealkylation sites (tertiary alicyclic amines) is 1. The maximum absolute atomic E-state index is 11.8. The Labute approximate surface area is 185 Å². The largest absolute Gasteiger partial charge is 0.413 e. The Balaban J connectivity index is 1.37. The third kappa shape index (κ3) is 4.16. The summed E-state index contributed by atoms with van der Waals surface area (Å²) in [6, 6.07) is 15.7. The monoisotopic (exact) mass is 428 g/mol. The molecule has 0 saturated carbocycles. The highest BCUT2D eigenvalue weighted by molar-refractivity contribution is 5.90. The Hall–Kier alpha value is -3.81. The van der Waals surface area contributed by atoms with Gasteiger partial charge in [0.15, 0.2) is 0 Å². The summed E-state index contributed by atoms with van der Waals surface area (Å²) < 4.78 is 5.89. The molecule has 0 unspecified atom stereocenters. The number of aromatic nitrogens is 4. The number of amides is 1. The van der Waals surface area contributed by atoms with E-state index in [9.17, 15) is 4.79 Å². The molecule has 8 heteroatoms. The Kier molecular flexibility index (Phi) is 5.49. The van der Waals surface area contributed by atoms with E-state index in [1.54, 1.807) is 0 Å². The van der Waals surface area contributed by atoms with Crippen molar-refractivity contribution in [1.82, 2.24) is 25.1 Å². The lowest BCUT2D eigenvalue weighted by Gasteiger charge is -2.16. The minimum Gasteiger partial charge on any atom is -0.413 e. The van der Waals surface area contributed by atoms with E-state index in [1.165, 1.54) is 0 Å². The summed E-state index contributed by atoms with van der Waals surface area (Å²) in [7, 11) is 0.